The number of ether oxygens (including phenoxy) is 1. The topological polar surface area (TPSA) is 29.5 Å². The maximum atomic E-state index is 8.65. The Balaban J connectivity index is 2.93. The molecule has 2 nitrogen and oxygen atoms in total. The predicted molar refractivity (Wildman–Crippen MR) is 63.8 cm³/mol. The van der Waals surface area contributed by atoms with Gasteiger partial charge in [-0.25, -0.2) is 0 Å². The van der Waals surface area contributed by atoms with E-state index in [1.807, 2.05) is 12.1 Å². The largest absolute Gasteiger partial charge is 0.489 e. The summed E-state index contributed by atoms with van der Waals surface area (Å²) < 4.78 is 7.20. The Kier molecular flexibility index (Phi) is 4.92. The molecule has 0 unspecified atom stereocenters. The molecule has 0 fully saturated rings. The smallest absolute Gasteiger partial charge is 0.147 e. The lowest BCUT2D eigenvalue weighted by Crippen LogP contribution is -2.03. The van der Waals surface area contributed by atoms with Crippen LogP contribution in [-0.4, -0.2) is 18.3 Å². The highest BCUT2D eigenvalue weighted by Gasteiger charge is 2.07. The van der Waals surface area contributed by atoms with Gasteiger partial charge in [0, 0.05) is 0 Å². The van der Waals surface area contributed by atoms with Crippen molar-refractivity contribution in [3.63, 3.8) is 0 Å². The molecular weight excluding hydrogens is 312 g/mol. The molecule has 0 aliphatic rings. The second-order valence-corrected chi connectivity index (χ2v) is 4.52. The average Bonchev–Trinajstić information content (AvgIpc) is 2.16. The molecule has 0 aromatic heterocycles. The molecule has 0 heterocycles. The van der Waals surface area contributed by atoms with E-state index in [9.17, 15) is 0 Å². The number of aryl methyl sites for hydroxylation is 1. The van der Waals surface area contributed by atoms with Gasteiger partial charge < -0.3 is 9.84 Å². The molecule has 0 atom stereocenters. The Bertz CT molecular complexity index is 290. The van der Waals surface area contributed by atoms with Crippen LogP contribution in [0.2, 0.25) is 0 Å². The lowest BCUT2D eigenvalue weighted by molar-refractivity contribution is 0.200. The number of aliphatic hydroxyl groups excluding tert-OH is 1. The molecule has 1 rings (SSSR count). The van der Waals surface area contributed by atoms with E-state index in [0.717, 1.165) is 21.1 Å². The van der Waals surface area contributed by atoms with Crippen LogP contribution in [0.4, 0.5) is 0 Å². The van der Waals surface area contributed by atoms with Gasteiger partial charge in [-0.3, -0.25) is 0 Å². The number of halogens is 2. The Morgan fingerprint density at radius 3 is 2.29 bits per heavy atom. The first-order chi connectivity index (χ1) is 6.69. The quantitative estimate of drug-likeness (QED) is 0.922. The predicted octanol–water partition coefficient (Wildman–Crippen LogP) is 3.15. The van der Waals surface area contributed by atoms with Crippen LogP contribution in [0.15, 0.2) is 21.1 Å². The minimum Gasteiger partial charge on any atom is -0.489 e. The molecule has 0 saturated carbocycles. The Hall–Kier alpha value is -0.0600. The Morgan fingerprint density at radius 2 is 1.86 bits per heavy atom. The third-order valence-electron chi connectivity index (χ3n) is 1.80. The van der Waals surface area contributed by atoms with Crippen LogP contribution < -0.4 is 4.74 Å². The second kappa shape index (κ2) is 5.73. The summed E-state index contributed by atoms with van der Waals surface area (Å²) >= 11 is 6.86. The molecule has 4 heteroatoms. The molecule has 0 saturated heterocycles. The fourth-order valence-corrected chi connectivity index (χ4v) is 2.61. The zero-order valence-electron chi connectivity index (χ0n) is 7.89. The van der Waals surface area contributed by atoms with Crippen molar-refractivity contribution in [2.24, 2.45) is 0 Å². The van der Waals surface area contributed by atoms with Crippen LogP contribution in [0.25, 0.3) is 0 Å². The molecule has 0 spiro atoms. The van der Waals surface area contributed by atoms with Crippen LogP contribution >= 0.6 is 31.9 Å². The van der Waals surface area contributed by atoms with Crippen LogP contribution in [0.1, 0.15) is 12.5 Å². The number of hydrogen-bond acceptors (Lipinski definition) is 2. The first-order valence-corrected chi connectivity index (χ1v) is 5.99. The minimum absolute atomic E-state index is 0.0222. The zero-order valence-corrected chi connectivity index (χ0v) is 11.1. The summed E-state index contributed by atoms with van der Waals surface area (Å²) in [7, 11) is 0. The summed E-state index contributed by atoms with van der Waals surface area (Å²) in [6, 6.07) is 4.05. The molecule has 0 radical (unpaired) electrons. The monoisotopic (exact) mass is 322 g/mol. The summed E-state index contributed by atoms with van der Waals surface area (Å²) in [5, 5.41) is 8.65. The minimum atomic E-state index is 0.0222. The first-order valence-electron chi connectivity index (χ1n) is 4.40. The van der Waals surface area contributed by atoms with Crippen molar-refractivity contribution in [1.82, 2.24) is 0 Å². The van der Waals surface area contributed by atoms with Crippen LogP contribution in [0, 0.1) is 0 Å². The van der Waals surface area contributed by atoms with Crippen molar-refractivity contribution in [2.75, 3.05) is 13.2 Å². The highest BCUT2D eigenvalue weighted by molar-refractivity contribution is 9.11. The van der Waals surface area contributed by atoms with E-state index in [4.69, 9.17) is 9.84 Å². The van der Waals surface area contributed by atoms with Crippen molar-refractivity contribution < 1.29 is 9.84 Å². The fraction of sp³-hybridized carbons (Fsp3) is 0.400. The molecule has 0 bridgehead atoms. The van der Waals surface area contributed by atoms with Crippen LogP contribution in [-0.2, 0) is 6.42 Å². The van der Waals surface area contributed by atoms with Gasteiger partial charge in [0.2, 0.25) is 0 Å². The third-order valence-corrected chi connectivity index (χ3v) is 2.98. The van der Waals surface area contributed by atoms with E-state index >= 15 is 0 Å². The first kappa shape index (κ1) is 12.0. The van der Waals surface area contributed by atoms with Crippen molar-refractivity contribution in [3.8, 4) is 5.75 Å². The van der Waals surface area contributed by atoms with E-state index in [-0.39, 0.29) is 6.61 Å². The van der Waals surface area contributed by atoms with Gasteiger partial charge in [0.15, 0.2) is 0 Å². The fourth-order valence-electron chi connectivity index (χ4n) is 1.10. The lowest BCUT2D eigenvalue weighted by Gasteiger charge is -2.10. The van der Waals surface area contributed by atoms with Crippen molar-refractivity contribution in [3.05, 3.63) is 26.6 Å². The zero-order chi connectivity index (χ0) is 10.6. The standard InChI is InChI=1S/C10H12Br2O2/c1-2-7-5-8(11)10(9(12)6-7)14-4-3-13/h5-6,13H,2-4H2,1H3. The van der Waals surface area contributed by atoms with Gasteiger partial charge in [-0.2, -0.15) is 0 Å². The molecule has 1 N–H and O–H groups in total. The van der Waals surface area contributed by atoms with Gasteiger partial charge in [-0.1, -0.05) is 6.92 Å². The highest BCUT2D eigenvalue weighted by atomic mass is 79.9. The van der Waals surface area contributed by atoms with E-state index in [0.29, 0.717) is 6.61 Å². The molecule has 0 amide bonds. The van der Waals surface area contributed by atoms with Crippen LogP contribution in [0.3, 0.4) is 0 Å². The normalized spacial score (nSPS) is 10.3. The van der Waals surface area contributed by atoms with Gasteiger partial charge in [-0.05, 0) is 56.0 Å². The number of hydrogen-bond donors (Lipinski definition) is 1. The molecule has 14 heavy (non-hydrogen) atoms. The summed E-state index contributed by atoms with van der Waals surface area (Å²) in [5.41, 5.74) is 1.24. The van der Waals surface area contributed by atoms with Gasteiger partial charge >= 0.3 is 0 Å². The molecule has 1 aromatic rings. The maximum Gasteiger partial charge on any atom is 0.147 e. The van der Waals surface area contributed by atoms with Gasteiger partial charge in [-0.15, -0.1) is 0 Å². The lowest BCUT2D eigenvalue weighted by atomic mass is 10.2. The van der Waals surface area contributed by atoms with Crippen molar-refractivity contribution in [1.29, 1.82) is 0 Å². The van der Waals surface area contributed by atoms with E-state index in [1.54, 1.807) is 0 Å². The number of benzene rings is 1. The van der Waals surface area contributed by atoms with E-state index in [1.165, 1.54) is 5.56 Å². The molecular formula is C10H12Br2O2. The van der Waals surface area contributed by atoms with Gasteiger partial charge in [0.25, 0.3) is 0 Å². The van der Waals surface area contributed by atoms with Crippen molar-refractivity contribution >= 4 is 31.9 Å². The van der Waals surface area contributed by atoms with Crippen molar-refractivity contribution in [2.45, 2.75) is 13.3 Å². The average molecular weight is 324 g/mol. The van der Waals surface area contributed by atoms with E-state index in [2.05, 4.69) is 38.8 Å². The summed E-state index contributed by atoms with van der Waals surface area (Å²) in [6.45, 7) is 2.43. The second-order valence-electron chi connectivity index (χ2n) is 2.81. The Labute approximate surface area is 101 Å². The third kappa shape index (κ3) is 2.97. The Morgan fingerprint density at radius 1 is 1.29 bits per heavy atom. The molecule has 1 aromatic carbocycles. The molecule has 0 aliphatic heterocycles. The summed E-state index contributed by atoms with van der Waals surface area (Å²) in [4.78, 5) is 0. The summed E-state index contributed by atoms with van der Waals surface area (Å²) in [5.74, 6) is 0.747. The number of rotatable bonds is 4. The van der Waals surface area contributed by atoms with Crippen LogP contribution in [0.5, 0.6) is 5.75 Å². The highest BCUT2D eigenvalue weighted by Crippen LogP contribution is 2.34. The molecule has 78 valence electrons. The SMILES string of the molecule is CCc1cc(Br)c(OCCO)c(Br)c1. The van der Waals surface area contributed by atoms with Gasteiger partial charge in [0.05, 0.1) is 15.6 Å². The number of aliphatic hydroxyl groups is 1. The summed E-state index contributed by atoms with van der Waals surface area (Å²) in [6.07, 6.45) is 0.984. The van der Waals surface area contributed by atoms with Gasteiger partial charge in [0.1, 0.15) is 12.4 Å². The molecule has 0 aliphatic carbocycles. The van der Waals surface area contributed by atoms with E-state index < -0.39 is 0 Å². The maximum absolute atomic E-state index is 8.65.